The van der Waals surface area contributed by atoms with Crippen molar-refractivity contribution >= 4 is 17.8 Å². The minimum atomic E-state index is -0.740. The monoisotopic (exact) mass is 289 g/mol. The molecule has 21 heavy (non-hydrogen) atoms. The van der Waals surface area contributed by atoms with Gasteiger partial charge in [-0.15, -0.1) is 0 Å². The van der Waals surface area contributed by atoms with Gasteiger partial charge < -0.3 is 5.32 Å². The number of nitrogens with zero attached hydrogens (tertiary/aromatic N) is 1. The van der Waals surface area contributed by atoms with Gasteiger partial charge in [-0.25, -0.2) is 14.2 Å². The number of benzene rings is 2. The van der Waals surface area contributed by atoms with E-state index in [1.165, 1.54) is 6.07 Å². The van der Waals surface area contributed by atoms with E-state index in [-0.39, 0.29) is 18.0 Å². The van der Waals surface area contributed by atoms with E-state index < -0.39 is 11.6 Å². The van der Waals surface area contributed by atoms with Gasteiger partial charge in [0, 0.05) is 17.3 Å². The van der Waals surface area contributed by atoms with E-state index in [0.717, 1.165) is 24.0 Å². The summed E-state index contributed by atoms with van der Waals surface area (Å²) >= 11 is 0. The lowest BCUT2D eigenvalue weighted by molar-refractivity contribution is -0.119. The zero-order chi connectivity index (χ0) is 15.1. The molecule has 0 fully saturated rings. The molecule has 0 aliphatic rings. The molecule has 0 aliphatic carbocycles. The molecule has 108 valence electrons. The van der Waals surface area contributed by atoms with Crippen LogP contribution in [0.5, 0.6) is 0 Å². The van der Waals surface area contributed by atoms with Crippen molar-refractivity contribution < 1.29 is 13.6 Å². The second kappa shape index (κ2) is 7.14. The van der Waals surface area contributed by atoms with Crippen LogP contribution in [0.2, 0.25) is 0 Å². The van der Waals surface area contributed by atoms with E-state index in [1.54, 1.807) is 0 Å². The van der Waals surface area contributed by atoms with Crippen LogP contribution in [0, 0.1) is 11.6 Å². The first kappa shape index (κ1) is 14.6. The lowest BCUT2D eigenvalue weighted by atomic mass is 10.2. The van der Waals surface area contributed by atoms with Crippen molar-refractivity contribution in [3.63, 3.8) is 0 Å². The maximum absolute atomic E-state index is 13.3. The van der Waals surface area contributed by atoms with E-state index in [0.29, 0.717) is 0 Å². The minimum Gasteiger partial charge on any atom is -0.376 e. The molecule has 2 aromatic carbocycles. The molecule has 0 heterocycles. The number of amides is 1. The molecule has 0 spiro atoms. The van der Waals surface area contributed by atoms with Gasteiger partial charge in [0.05, 0.1) is 12.8 Å². The first-order chi connectivity index (χ1) is 10.1. The summed E-state index contributed by atoms with van der Waals surface area (Å²) in [6, 6.07) is 12.3. The van der Waals surface area contributed by atoms with Gasteiger partial charge in [0.2, 0.25) is 0 Å². The van der Waals surface area contributed by atoms with Crippen LogP contribution in [0.4, 0.5) is 14.5 Å². The van der Waals surface area contributed by atoms with Crippen LogP contribution in [0.1, 0.15) is 5.56 Å². The van der Waals surface area contributed by atoms with Crippen LogP contribution < -0.4 is 10.7 Å². The van der Waals surface area contributed by atoms with Crippen LogP contribution in [0.25, 0.3) is 0 Å². The summed E-state index contributed by atoms with van der Waals surface area (Å²) in [5, 5.41) is 6.52. The van der Waals surface area contributed by atoms with Gasteiger partial charge in [-0.1, -0.05) is 18.2 Å². The van der Waals surface area contributed by atoms with Crippen LogP contribution >= 0.6 is 0 Å². The Morgan fingerprint density at radius 1 is 1.14 bits per heavy atom. The topological polar surface area (TPSA) is 53.5 Å². The maximum Gasteiger partial charge on any atom is 0.259 e. The molecular formula is C15H13F2N3O. The van der Waals surface area contributed by atoms with Crippen molar-refractivity contribution in [3.8, 4) is 0 Å². The number of carbonyl (C=O) groups excluding carboxylic acids is 1. The van der Waals surface area contributed by atoms with Gasteiger partial charge in [-0.2, -0.15) is 5.10 Å². The molecule has 0 radical (unpaired) electrons. The van der Waals surface area contributed by atoms with Crippen molar-refractivity contribution in [2.45, 2.75) is 0 Å². The SMILES string of the molecule is O=C(CNc1ccccc1)N/N=C\c1ccc(F)cc1F. The van der Waals surface area contributed by atoms with E-state index in [1.807, 2.05) is 30.3 Å². The summed E-state index contributed by atoms with van der Waals surface area (Å²) in [6.45, 7) is 0.0350. The first-order valence-corrected chi connectivity index (χ1v) is 6.21. The Morgan fingerprint density at radius 2 is 1.90 bits per heavy atom. The molecule has 2 rings (SSSR count). The van der Waals surface area contributed by atoms with Crippen LogP contribution in [-0.2, 0) is 4.79 Å². The zero-order valence-electron chi connectivity index (χ0n) is 11.0. The van der Waals surface area contributed by atoms with Gasteiger partial charge in [-0.05, 0) is 24.3 Å². The average Bonchev–Trinajstić information content (AvgIpc) is 2.48. The molecule has 0 saturated carbocycles. The smallest absolute Gasteiger partial charge is 0.259 e. The molecule has 1 amide bonds. The highest BCUT2D eigenvalue weighted by Crippen LogP contribution is 2.07. The Bertz CT molecular complexity index is 645. The molecule has 6 heteroatoms. The van der Waals surface area contributed by atoms with Gasteiger partial charge in [-0.3, -0.25) is 4.79 Å². The Labute approximate surface area is 120 Å². The number of anilines is 1. The number of nitrogens with one attached hydrogen (secondary N) is 2. The Morgan fingerprint density at radius 3 is 2.62 bits per heavy atom. The fourth-order valence-corrected chi connectivity index (χ4v) is 1.56. The number of hydrazone groups is 1. The summed E-state index contributed by atoms with van der Waals surface area (Å²) in [7, 11) is 0. The van der Waals surface area contributed by atoms with E-state index in [9.17, 15) is 13.6 Å². The molecule has 0 aliphatic heterocycles. The van der Waals surface area contributed by atoms with Crippen LogP contribution in [0.3, 0.4) is 0 Å². The van der Waals surface area contributed by atoms with Gasteiger partial charge >= 0.3 is 0 Å². The molecule has 4 nitrogen and oxygen atoms in total. The molecular weight excluding hydrogens is 276 g/mol. The molecule has 0 unspecified atom stereocenters. The number of hydrogen-bond donors (Lipinski definition) is 2. The fraction of sp³-hybridized carbons (Fsp3) is 0.0667. The quantitative estimate of drug-likeness (QED) is 0.656. The molecule has 2 N–H and O–H groups in total. The second-order valence-electron chi connectivity index (χ2n) is 4.18. The maximum atomic E-state index is 13.3. The van der Waals surface area contributed by atoms with Crippen molar-refractivity contribution in [2.24, 2.45) is 5.10 Å². The lowest BCUT2D eigenvalue weighted by Crippen LogP contribution is -2.25. The van der Waals surface area contributed by atoms with Gasteiger partial charge in [0.15, 0.2) is 0 Å². The van der Waals surface area contributed by atoms with Crippen LogP contribution in [0.15, 0.2) is 53.6 Å². The van der Waals surface area contributed by atoms with Crippen molar-refractivity contribution in [2.75, 3.05) is 11.9 Å². The largest absolute Gasteiger partial charge is 0.376 e. The second-order valence-corrected chi connectivity index (χ2v) is 4.18. The summed E-state index contributed by atoms with van der Waals surface area (Å²) in [5.41, 5.74) is 3.15. The third-order valence-corrected chi connectivity index (χ3v) is 2.58. The highest BCUT2D eigenvalue weighted by atomic mass is 19.1. The van der Waals surface area contributed by atoms with Gasteiger partial charge in [0.25, 0.3) is 5.91 Å². The summed E-state index contributed by atoms with van der Waals surface area (Å²) in [5.74, 6) is -1.78. The fourth-order valence-electron chi connectivity index (χ4n) is 1.56. The predicted molar refractivity (Wildman–Crippen MR) is 77.0 cm³/mol. The molecule has 0 saturated heterocycles. The number of hydrogen-bond acceptors (Lipinski definition) is 3. The molecule has 0 aromatic heterocycles. The summed E-state index contributed by atoms with van der Waals surface area (Å²) < 4.78 is 26.0. The zero-order valence-corrected chi connectivity index (χ0v) is 11.0. The first-order valence-electron chi connectivity index (χ1n) is 6.21. The number of halogens is 2. The van der Waals surface area contributed by atoms with Gasteiger partial charge in [0.1, 0.15) is 11.6 Å². The van der Waals surface area contributed by atoms with Crippen molar-refractivity contribution in [1.82, 2.24) is 5.43 Å². The van der Waals surface area contributed by atoms with Crippen molar-refractivity contribution in [1.29, 1.82) is 0 Å². The van der Waals surface area contributed by atoms with E-state index >= 15 is 0 Å². The highest BCUT2D eigenvalue weighted by molar-refractivity contribution is 5.84. The number of rotatable bonds is 5. The third kappa shape index (κ3) is 4.68. The normalized spacial score (nSPS) is 10.6. The number of para-hydroxylation sites is 1. The lowest BCUT2D eigenvalue weighted by Gasteiger charge is -2.04. The third-order valence-electron chi connectivity index (χ3n) is 2.58. The summed E-state index contributed by atoms with van der Waals surface area (Å²) in [6.07, 6.45) is 1.12. The average molecular weight is 289 g/mol. The molecule has 0 bridgehead atoms. The molecule has 2 aromatic rings. The Kier molecular flexibility index (Phi) is 4.98. The standard InChI is InChI=1S/C15H13F2N3O/c16-12-7-6-11(14(17)8-12)9-19-20-15(21)10-18-13-4-2-1-3-5-13/h1-9,18H,10H2,(H,20,21)/b19-9-. The van der Waals surface area contributed by atoms with E-state index in [2.05, 4.69) is 15.8 Å². The highest BCUT2D eigenvalue weighted by Gasteiger charge is 2.02. The van der Waals surface area contributed by atoms with E-state index in [4.69, 9.17) is 0 Å². The predicted octanol–water partition coefficient (Wildman–Crippen LogP) is 2.53. The Hall–Kier alpha value is -2.76. The van der Waals surface area contributed by atoms with Crippen molar-refractivity contribution in [3.05, 3.63) is 65.7 Å². The van der Waals surface area contributed by atoms with Crippen LogP contribution in [-0.4, -0.2) is 18.7 Å². The Balaban J connectivity index is 1.82. The molecule has 0 atom stereocenters. The number of carbonyl (C=O) groups is 1. The minimum absolute atomic E-state index is 0.0350. The summed E-state index contributed by atoms with van der Waals surface area (Å²) in [4.78, 5) is 11.5.